The number of hydrogen-bond donors (Lipinski definition) is 2. The Kier molecular flexibility index (Phi) is 4.64. The van der Waals surface area contributed by atoms with E-state index < -0.39 is 15.4 Å². The molecule has 0 radical (unpaired) electrons. The molecule has 0 amide bonds. The summed E-state index contributed by atoms with van der Waals surface area (Å²) in [5, 5.41) is 14.7. The minimum atomic E-state index is -2.93. The fourth-order valence-corrected chi connectivity index (χ4v) is 5.00. The van der Waals surface area contributed by atoms with Crippen LogP contribution in [0, 0.1) is 5.92 Å². The van der Waals surface area contributed by atoms with Gasteiger partial charge < -0.3 is 10.8 Å². The summed E-state index contributed by atoms with van der Waals surface area (Å²) in [6.07, 6.45) is 4.58. The van der Waals surface area contributed by atoms with Crippen LogP contribution in [0.4, 0.5) is 5.69 Å². The van der Waals surface area contributed by atoms with Crippen molar-refractivity contribution in [3.8, 4) is 0 Å². The molecule has 7 heteroatoms. The number of benzene rings is 1. The van der Waals surface area contributed by atoms with Gasteiger partial charge in [0.15, 0.2) is 0 Å². The van der Waals surface area contributed by atoms with Crippen molar-refractivity contribution in [3.63, 3.8) is 0 Å². The summed E-state index contributed by atoms with van der Waals surface area (Å²) in [7, 11) is -2.93. The first-order valence-electron chi connectivity index (χ1n) is 8.48. The van der Waals surface area contributed by atoms with Gasteiger partial charge in [0, 0.05) is 6.20 Å². The zero-order chi connectivity index (χ0) is 18.2. The maximum Gasteiger partial charge on any atom is 0.150 e. The average molecular weight is 363 g/mol. The van der Waals surface area contributed by atoms with Gasteiger partial charge in [-0.3, -0.25) is 4.68 Å². The number of sulfone groups is 1. The van der Waals surface area contributed by atoms with Crippen LogP contribution in [-0.4, -0.2) is 34.8 Å². The lowest BCUT2D eigenvalue weighted by atomic mass is 9.86. The summed E-state index contributed by atoms with van der Waals surface area (Å²) in [6.45, 7) is 3.50. The van der Waals surface area contributed by atoms with Gasteiger partial charge in [-0.25, -0.2) is 8.42 Å². The Morgan fingerprint density at radius 3 is 2.56 bits per heavy atom. The summed E-state index contributed by atoms with van der Waals surface area (Å²) >= 11 is 0. The zero-order valence-electron chi connectivity index (χ0n) is 14.6. The summed E-state index contributed by atoms with van der Waals surface area (Å²) in [5.41, 5.74) is 7.30. The molecule has 2 aromatic rings. The first kappa shape index (κ1) is 17.9. The van der Waals surface area contributed by atoms with E-state index >= 15 is 0 Å². The smallest absolute Gasteiger partial charge is 0.150 e. The second-order valence-corrected chi connectivity index (χ2v) is 9.68. The normalized spacial score (nSPS) is 19.6. The van der Waals surface area contributed by atoms with Gasteiger partial charge in [-0.15, -0.1) is 0 Å². The van der Waals surface area contributed by atoms with E-state index in [1.807, 2.05) is 28.9 Å². The molecule has 136 valence electrons. The number of nitrogen functional groups attached to an aromatic ring is 1. The molecule has 1 unspecified atom stereocenters. The van der Waals surface area contributed by atoms with Crippen molar-refractivity contribution in [1.29, 1.82) is 0 Å². The van der Waals surface area contributed by atoms with Crippen LogP contribution in [0.15, 0.2) is 36.7 Å². The highest BCUT2D eigenvalue weighted by molar-refractivity contribution is 7.91. The second-order valence-electron chi connectivity index (χ2n) is 7.37. The lowest BCUT2D eigenvalue weighted by molar-refractivity contribution is 0.0784. The Morgan fingerprint density at radius 2 is 2.00 bits per heavy atom. The zero-order valence-corrected chi connectivity index (χ0v) is 15.4. The van der Waals surface area contributed by atoms with Crippen LogP contribution in [0.3, 0.4) is 0 Å². The van der Waals surface area contributed by atoms with Crippen molar-refractivity contribution in [3.05, 3.63) is 47.8 Å². The molecule has 1 aromatic heterocycles. The van der Waals surface area contributed by atoms with Gasteiger partial charge in [0.2, 0.25) is 0 Å². The summed E-state index contributed by atoms with van der Waals surface area (Å²) < 4.78 is 25.4. The van der Waals surface area contributed by atoms with Crippen LogP contribution in [0.25, 0.3) is 0 Å². The standard InChI is InChI=1S/C18H25N3O3S/c1-18(2,22)15-5-3-4-14(10-15)17(21-12-16(19)11-20-21)13-6-8-25(23,24)9-7-13/h3-5,10-13,17,22H,6-9,19H2,1-2H3. The molecule has 0 bridgehead atoms. The van der Waals surface area contributed by atoms with Crippen LogP contribution in [0.2, 0.25) is 0 Å². The van der Waals surface area contributed by atoms with E-state index in [-0.39, 0.29) is 23.5 Å². The van der Waals surface area contributed by atoms with Crippen LogP contribution < -0.4 is 5.73 Å². The Bertz CT molecular complexity index is 838. The number of nitrogens with zero attached hydrogens (tertiary/aromatic N) is 2. The van der Waals surface area contributed by atoms with Crippen LogP contribution in [0.5, 0.6) is 0 Å². The monoisotopic (exact) mass is 363 g/mol. The third-order valence-corrected chi connectivity index (χ3v) is 6.60. The third kappa shape index (κ3) is 4.04. The number of hydrogen-bond acceptors (Lipinski definition) is 5. The number of aromatic nitrogens is 2. The van der Waals surface area contributed by atoms with Gasteiger partial charge in [0.25, 0.3) is 0 Å². The predicted octanol–water partition coefficient (Wildman–Crippen LogP) is 2.11. The van der Waals surface area contributed by atoms with Gasteiger partial charge in [-0.2, -0.15) is 5.10 Å². The molecule has 0 aliphatic carbocycles. The van der Waals surface area contributed by atoms with E-state index in [9.17, 15) is 13.5 Å². The molecule has 1 aromatic carbocycles. The Morgan fingerprint density at radius 1 is 1.32 bits per heavy atom. The minimum Gasteiger partial charge on any atom is -0.396 e. The molecule has 6 nitrogen and oxygen atoms in total. The molecule has 1 aliphatic rings. The van der Waals surface area contributed by atoms with Gasteiger partial charge >= 0.3 is 0 Å². The van der Waals surface area contributed by atoms with E-state index in [1.165, 1.54) is 0 Å². The summed E-state index contributed by atoms with van der Waals surface area (Å²) in [5.74, 6) is 0.562. The van der Waals surface area contributed by atoms with Crippen molar-refractivity contribution >= 4 is 15.5 Å². The molecule has 1 fully saturated rings. The predicted molar refractivity (Wildman–Crippen MR) is 97.8 cm³/mol. The highest BCUT2D eigenvalue weighted by Gasteiger charge is 2.32. The van der Waals surface area contributed by atoms with Crippen molar-refractivity contribution in [2.45, 2.75) is 38.3 Å². The molecule has 1 aliphatic heterocycles. The number of aliphatic hydroxyl groups is 1. The molecule has 0 saturated carbocycles. The fourth-order valence-electron chi connectivity index (χ4n) is 3.47. The third-order valence-electron chi connectivity index (χ3n) is 4.89. The van der Waals surface area contributed by atoms with Gasteiger partial charge in [-0.1, -0.05) is 24.3 Å². The van der Waals surface area contributed by atoms with Crippen LogP contribution >= 0.6 is 0 Å². The molecule has 1 saturated heterocycles. The van der Waals surface area contributed by atoms with Crippen molar-refractivity contribution in [2.75, 3.05) is 17.2 Å². The number of nitrogens with two attached hydrogens (primary N) is 1. The number of anilines is 1. The maximum atomic E-state index is 11.8. The van der Waals surface area contributed by atoms with Crippen molar-refractivity contribution in [2.24, 2.45) is 5.92 Å². The van der Waals surface area contributed by atoms with Crippen LogP contribution in [-0.2, 0) is 15.4 Å². The van der Waals surface area contributed by atoms with Gasteiger partial charge in [-0.05, 0) is 43.7 Å². The minimum absolute atomic E-state index is 0.102. The van der Waals surface area contributed by atoms with Gasteiger partial charge in [0.05, 0.1) is 35.0 Å². The Labute approximate surface area is 148 Å². The number of rotatable bonds is 4. The molecule has 25 heavy (non-hydrogen) atoms. The first-order valence-corrected chi connectivity index (χ1v) is 10.3. The maximum absolute atomic E-state index is 11.8. The SMILES string of the molecule is CC(C)(O)c1cccc(C(C2CCS(=O)(=O)CC2)n2cc(N)cn2)c1. The lowest BCUT2D eigenvalue weighted by Crippen LogP contribution is -2.31. The average Bonchev–Trinajstić information content (AvgIpc) is 2.95. The van der Waals surface area contributed by atoms with E-state index in [0.29, 0.717) is 18.5 Å². The molecular weight excluding hydrogens is 338 g/mol. The largest absolute Gasteiger partial charge is 0.396 e. The Hall–Kier alpha value is -1.86. The van der Waals surface area contributed by atoms with Crippen molar-refractivity contribution in [1.82, 2.24) is 9.78 Å². The topological polar surface area (TPSA) is 98.2 Å². The first-order chi connectivity index (χ1) is 11.7. The van der Waals surface area contributed by atoms with Crippen molar-refractivity contribution < 1.29 is 13.5 Å². The molecule has 3 N–H and O–H groups in total. The quantitative estimate of drug-likeness (QED) is 0.867. The lowest BCUT2D eigenvalue weighted by Gasteiger charge is -2.31. The highest BCUT2D eigenvalue weighted by Crippen LogP contribution is 2.36. The van der Waals surface area contributed by atoms with Crippen LogP contribution in [0.1, 0.15) is 43.9 Å². The molecule has 2 heterocycles. The van der Waals surface area contributed by atoms with E-state index in [4.69, 9.17) is 5.73 Å². The second kappa shape index (κ2) is 6.46. The highest BCUT2D eigenvalue weighted by atomic mass is 32.2. The molecule has 0 spiro atoms. The van der Waals surface area contributed by atoms with E-state index in [0.717, 1.165) is 11.1 Å². The summed E-state index contributed by atoms with van der Waals surface area (Å²) in [4.78, 5) is 0. The summed E-state index contributed by atoms with van der Waals surface area (Å²) in [6, 6.07) is 7.69. The Balaban J connectivity index is 2.00. The van der Waals surface area contributed by atoms with E-state index in [2.05, 4.69) is 5.10 Å². The molecular formula is C18H25N3O3S. The van der Waals surface area contributed by atoms with Gasteiger partial charge in [0.1, 0.15) is 9.84 Å². The van der Waals surface area contributed by atoms with E-state index in [1.54, 1.807) is 26.2 Å². The molecule has 1 atom stereocenters. The fraction of sp³-hybridized carbons (Fsp3) is 0.500. The molecule has 3 rings (SSSR count).